The molecule has 0 saturated heterocycles. The van der Waals surface area contributed by atoms with Gasteiger partial charge in [0.15, 0.2) is 5.69 Å². The van der Waals surface area contributed by atoms with E-state index < -0.39 is 11.5 Å². The fourth-order valence-corrected chi connectivity index (χ4v) is 2.45. The van der Waals surface area contributed by atoms with Crippen LogP contribution < -0.4 is 10.9 Å². The standard InChI is InChI=1S/C20H25N3O4/c1-6-27-19(26)18-15(21-16(24)12-20(3,4)5)11-17(25)23(22-18)14-9-7-13(2)8-10-14/h7-11H,6,12H2,1-5H3,(H,21,24). The number of nitrogens with zero attached hydrogens (tertiary/aromatic N) is 2. The molecule has 1 aromatic heterocycles. The lowest BCUT2D eigenvalue weighted by atomic mass is 9.92. The van der Waals surface area contributed by atoms with Crippen LogP contribution in [0.4, 0.5) is 5.69 Å². The molecule has 0 atom stereocenters. The van der Waals surface area contributed by atoms with Crippen molar-refractivity contribution in [3.05, 3.63) is 51.9 Å². The van der Waals surface area contributed by atoms with Crippen molar-refractivity contribution in [2.75, 3.05) is 11.9 Å². The van der Waals surface area contributed by atoms with Crippen LogP contribution in [0.5, 0.6) is 0 Å². The van der Waals surface area contributed by atoms with Crippen molar-refractivity contribution in [1.29, 1.82) is 0 Å². The van der Waals surface area contributed by atoms with Crippen LogP contribution in [-0.4, -0.2) is 28.3 Å². The van der Waals surface area contributed by atoms with Crippen molar-refractivity contribution in [2.45, 2.75) is 41.0 Å². The van der Waals surface area contributed by atoms with E-state index in [0.717, 1.165) is 10.2 Å². The Labute approximate surface area is 158 Å². The van der Waals surface area contributed by atoms with Gasteiger partial charge in [-0.2, -0.15) is 9.78 Å². The number of ether oxygens (including phenoxy) is 1. The number of amides is 1. The normalized spacial score (nSPS) is 11.1. The van der Waals surface area contributed by atoms with E-state index in [0.29, 0.717) is 5.69 Å². The maximum Gasteiger partial charge on any atom is 0.360 e. The Hall–Kier alpha value is -2.96. The van der Waals surface area contributed by atoms with Gasteiger partial charge in [-0.05, 0) is 31.4 Å². The predicted molar refractivity (Wildman–Crippen MR) is 103 cm³/mol. The van der Waals surface area contributed by atoms with Gasteiger partial charge in [-0.25, -0.2) is 4.79 Å². The first kappa shape index (κ1) is 20.4. The average Bonchev–Trinajstić information content (AvgIpc) is 2.54. The lowest BCUT2D eigenvalue weighted by Gasteiger charge is -2.18. The van der Waals surface area contributed by atoms with Crippen molar-refractivity contribution >= 4 is 17.6 Å². The summed E-state index contributed by atoms with van der Waals surface area (Å²) in [6.07, 6.45) is 0.232. The molecule has 1 amide bonds. The summed E-state index contributed by atoms with van der Waals surface area (Å²) in [5.74, 6) is -1.01. The molecule has 2 aromatic rings. The highest BCUT2D eigenvalue weighted by Gasteiger charge is 2.22. The van der Waals surface area contributed by atoms with Gasteiger partial charge in [0.05, 0.1) is 18.0 Å². The molecule has 2 rings (SSSR count). The quantitative estimate of drug-likeness (QED) is 0.816. The number of hydrogen-bond acceptors (Lipinski definition) is 5. The molecule has 0 radical (unpaired) electrons. The number of rotatable bonds is 5. The zero-order valence-electron chi connectivity index (χ0n) is 16.3. The predicted octanol–water partition coefficient (Wildman–Crippen LogP) is 3.09. The highest BCUT2D eigenvalue weighted by molar-refractivity contribution is 5.99. The molecule has 0 bridgehead atoms. The lowest BCUT2D eigenvalue weighted by molar-refractivity contribution is -0.117. The summed E-state index contributed by atoms with van der Waals surface area (Å²) < 4.78 is 6.15. The maximum absolute atomic E-state index is 12.5. The summed E-state index contributed by atoms with van der Waals surface area (Å²) in [4.78, 5) is 37.1. The zero-order chi connectivity index (χ0) is 20.2. The Morgan fingerprint density at radius 2 is 1.81 bits per heavy atom. The van der Waals surface area contributed by atoms with Crippen molar-refractivity contribution in [3.8, 4) is 5.69 Å². The Bertz CT molecular complexity index is 893. The van der Waals surface area contributed by atoms with E-state index in [1.165, 1.54) is 6.07 Å². The van der Waals surface area contributed by atoms with Gasteiger partial charge in [-0.3, -0.25) is 9.59 Å². The van der Waals surface area contributed by atoms with Crippen molar-refractivity contribution in [2.24, 2.45) is 5.41 Å². The van der Waals surface area contributed by atoms with E-state index in [1.54, 1.807) is 19.1 Å². The molecular weight excluding hydrogens is 346 g/mol. The molecule has 0 aliphatic rings. The first-order valence-electron chi connectivity index (χ1n) is 8.79. The van der Waals surface area contributed by atoms with Gasteiger partial charge in [0.2, 0.25) is 5.91 Å². The number of esters is 1. The number of aromatic nitrogens is 2. The molecule has 27 heavy (non-hydrogen) atoms. The van der Waals surface area contributed by atoms with Crippen LogP contribution in [0, 0.1) is 12.3 Å². The smallest absolute Gasteiger partial charge is 0.360 e. The minimum Gasteiger partial charge on any atom is -0.461 e. The number of carbonyl (C=O) groups is 2. The topological polar surface area (TPSA) is 90.3 Å². The molecular formula is C20H25N3O4. The lowest BCUT2D eigenvalue weighted by Crippen LogP contribution is -2.28. The molecule has 0 spiro atoms. The second kappa shape index (κ2) is 8.16. The molecule has 0 fully saturated rings. The molecule has 1 aromatic carbocycles. The zero-order valence-corrected chi connectivity index (χ0v) is 16.3. The van der Waals surface area contributed by atoms with E-state index in [1.807, 2.05) is 39.8 Å². The van der Waals surface area contributed by atoms with E-state index >= 15 is 0 Å². The molecule has 1 N–H and O–H groups in total. The summed E-state index contributed by atoms with van der Waals surface area (Å²) >= 11 is 0. The SMILES string of the molecule is CCOC(=O)c1nn(-c2ccc(C)cc2)c(=O)cc1NC(=O)CC(C)(C)C. The van der Waals surface area contributed by atoms with Gasteiger partial charge >= 0.3 is 5.97 Å². The van der Waals surface area contributed by atoms with Crippen LogP contribution in [-0.2, 0) is 9.53 Å². The van der Waals surface area contributed by atoms with Crippen LogP contribution in [0.15, 0.2) is 35.1 Å². The highest BCUT2D eigenvalue weighted by Crippen LogP contribution is 2.20. The maximum atomic E-state index is 12.5. The first-order chi connectivity index (χ1) is 12.6. The van der Waals surface area contributed by atoms with Gasteiger partial charge in [-0.1, -0.05) is 38.5 Å². The molecule has 1 heterocycles. The van der Waals surface area contributed by atoms with Crippen LogP contribution in [0.3, 0.4) is 0 Å². The summed E-state index contributed by atoms with van der Waals surface area (Å²) in [6, 6.07) is 8.34. The van der Waals surface area contributed by atoms with Crippen molar-refractivity contribution < 1.29 is 14.3 Å². The van der Waals surface area contributed by atoms with Crippen LogP contribution >= 0.6 is 0 Å². The average molecular weight is 371 g/mol. The molecule has 144 valence electrons. The van der Waals surface area contributed by atoms with Gasteiger partial charge in [-0.15, -0.1) is 0 Å². The van der Waals surface area contributed by atoms with E-state index in [2.05, 4.69) is 10.4 Å². The summed E-state index contributed by atoms with van der Waals surface area (Å²) in [5.41, 5.74) is 0.791. The molecule has 0 unspecified atom stereocenters. The Morgan fingerprint density at radius 1 is 1.19 bits per heavy atom. The number of benzene rings is 1. The van der Waals surface area contributed by atoms with E-state index in [-0.39, 0.29) is 35.7 Å². The highest BCUT2D eigenvalue weighted by atomic mass is 16.5. The molecule has 0 aliphatic heterocycles. The summed E-state index contributed by atoms with van der Waals surface area (Å²) in [5, 5.41) is 6.77. The molecule has 0 saturated carbocycles. The van der Waals surface area contributed by atoms with Gasteiger partial charge in [0, 0.05) is 12.5 Å². The van der Waals surface area contributed by atoms with Crippen molar-refractivity contribution in [1.82, 2.24) is 9.78 Å². The first-order valence-corrected chi connectivity index (χ1v) is 8.79. The molecule has 7 heteroatoms. The summed E-state index contributed by atoms with van der Waals surface area (Å²) in [7, 11) is 0. The summed E-state index contributed by atoms with van der Waals surface area (Å²) in [6.45, 7) is 9.52. The monoisotopic (exact) mass is 371 g/mol. The third-order valence-corrected chi connectivity index (χ3v) is 3.64. The fraction of sp³-hybridized carbons (Fsp3) is 0.400. The van der Waals surface area contributed by atoms with Gasteiger partial charge < -0.3 is 10.1 Å². The van der Waals surface area contributed by atoms with E-state index in [9.17, 15) is 14.4 Å². The number of aryl methyl sites for hydroxylation is 1. The van der Waals surface area contributed by atoms with Crippen molar-refractivity contribution in [3.63, 3.8) is 0 Å². The number of hydrogen-bond donors (Lipinski definition) is 1. The molecule has 0 aliphatic carbocycles. The number of anilines is 1. The van der Waals surface area contributed by atoms with Crippen LogP contribution in [0.25, 0.3) is 5.69 Å². The number of carbonyl (C=O) groups excluding carboxylic acids is 2. The second-order valence-corrected chi connectivity index (χ2v) is 7.50. The van der Waals surface area contributed by atoms with Crippen LogP contribution in [0.2, 0.25) is 0 Å². The molecule has 7 nitrogen and oxygen atoms in total. The van der Waals surface area contributed by atoms with Crippen LogP contribution in [0.1, 0.15) is 50.2 Å². The Kier molecular flexibility index (Phi) is 6.15. The second-order valence-electron chi connectivity index (χ2n) is 7.50. The van der Waals surface area contributed by atoms with E-state index in [4.69, 9.17) is 4.74 Å². The number of nitrogens with one attached hydrogen (secondary N) is 1. The third kappa shape index (κ3) is 5.51. The largest absolute Gasteiger partial charge is 0.461 e. The van der Waals surface area contributed by atoms with Gasteiger partial charge in [0.25, 0.3) is 5.56 Å². The Balaban J connectivity index is 2.48. The third-order valence-electron chi connectivity index (χ3n) is 3.64. The van der Waals surface area contributed by atoms with Gasteiger partial charge in [0.1, 0.15) is 0 Å². The fourth-order valence-electron chi connectivity index (χ4n) is 2.45. The Morgan fingerprint density at radius 3 is 2.37 bits per heavy atom. The minimum absolute atomic E-state index is 0.0519. The minimum atomic E-state index is -0.704.